The first-order valence-electron chi connectivity index (χ1n) is 33.3. The molecule has 4 aromatic heterocycles. The number of imide groups is 1. The van der Waals surface area contributed by atoms with Crippen molar-refractivity contribution in [3.8, 4) is 11.1 Å². The van der Waals surface area contributed by atoms with Gasteiger partial charge < -0.3 is 70.5 Å². The van der Waals surface area contributed by atoms with Crippen molar-refractivity contribution in [2.75, 3.05) is 41.8 Å². The predicted molar refractivity (Wildman–Crippen MR) is 359 cm³/mol. The van der Waals surface area contributed by atoms with E-state index in [-0.39, 0.29) is 72.5 Å². The number of hydrogen-bond acceptors (Lipinski definition) is 21. The normalized spacial score (nSPS) is 25.8. The number of aliphatic hydroxyl groups is 3. The van der Waals surface area contributed by atoms with Gasteiger partial charge in [0, 0.05) is 60.8 Å². The summed E-state index contributed by atoms with van der Waals surface area (Å²) in [7, 11) is 0. The number of hydrogen-bond donors (Lipinski definition) is 10. The van der Waals surface area contributed by atoms with E-state index in [0.29, 0.717) is 58.5 Å². The van der Waals surface area contributed by atoms with E-state index in [1.54, 1.807) is 50.6 Å². The number of aromatic nitrogens is 6. The average Bonchev–Trinajstić information content (AvgIpc) is 1.43. The van der Waals surface area contributed by atoms with Crippen LogP contribution in [-0.2, 0) is 75.6 Å². The maximum absolute atomic E-state index is 13.6. The molecule has 9 atom stereocenters. The average molecular weight is 1400 g/mol. The highest BCUT2D eigenvalue weighted by Gasteiger charge is 2.66. The number of aliphatic hydroxyl groups excluding tert-OH is 3. The molecule has 0 spiro atoms. The number of nitrogens with zero attached hydrogens (tertiary/aromatic N) is 8. The predicted octanol–water partition coefficient (Wildman–Crippen LogP) is 4.47. The van der Waals surface area contributed by atoms with Gasteiger partial charge in [0.05, 0.1) is 53.3 Å². The van der Waals surface area contributed by atoms with Crippen LogP contribution in [0.15, 0.2) is 79.3 Å². The van der Waals surface area contributed by atoms with Gasteiger partial charge in [-0.2, -0.15) is 5.10 Å². The molecule has 4 aliphatic carbocycles. The largest absolute Gasteiger partial charge is 0.479 e. The molecule has 31 heteroatoms. The quantitative estimate of drug-likeness (QED) is 0.0279. The van der Waals surface area contributed by atoms with Crippen molar-refractivity contribution < 1.29 is 82.9 Å². The highest BCUT2D eigenvalue weighted by molar-refractivity contribution is 7.22. The number of thiazole rings is 1. The number of carbonyl (C=O) groups is 9. The molecule has 7 amide bonds. The van der Waals surface area contributed by atoms with E-state index in [0.717, 1.165) is 71.5 Å². The lowest BCUT2D eigenvalue weighted by Gasteiger charge is -2.69. The Bertz CT molecular complexity index is 4210. The van der Waals surface area contributed by atoms with Gasteiger partial charge in [-0.1, -0.05) is 57.2 Å². The molecule has 2 unspecified atom stereocenters. The van der Waals surface area contributed by atoms with Crippen molar-refractivity contribution >= 4 is 91.7 Å². The highest BCUT2D eigenvalue weighted by Crippen LogP contribution is 2.72. The number of rotatable bonds is 25. The third kappa shape index (κ3) is 14.7. The van der Waals surface area contributed by atoms with Crippen LogP contribution in [0.5, 0.6) is 0 Å². The second-order valence-electron chi connectivity index (χ2n) is 28.5. The number of fused-ring (bicyclic) bond motifs is 2. The van der Waals surface area contributed by atoms with Gasteiger partial charge in [0.2, 0.25) is 17.7 Å². The van der Waals surface area contributed by atoms with Crippen LogP contribution in [0.3, 0.4) is 0 Å². The lowest BCUT2D eigenvalue weighted by molar-refractivity contribution is -0.247. The number of carboxylic acids is 2. The number of ether oxygens (including phenoxy) is 3. The molecule has 4 saturated carbocycles. The molecule has 530 valence electrons. The SMILES string of the molecule is Cc1c(-c2ccc(N3CCn4cnc(C(=O)Nc5nc6ccccc6s5)c4C3)nc2C(=O)O)cnn1CC12CC3(C)CC(C)(C1)CC(OCCNC(=O)OCc1ccc(NC(=O)[C@H](C)NC(=O)[C@@H](NC(=O)CN4C(=O)C=CC4=O)C(C)C)cc1CC[C@@H]1O[C@H](C(=O)O)[C@@H](O)[C@H](O)[C@H]1O)(C3)C2. The summed E-state index contributed by atoms with van der Waals surface area (Å²) in [5.74, 6) is -6.71. The summed E-state index contributed by atoms with van der Waals surface area (Å²) in [6, 6.07) is 13.5. The highest BCUT2D eigenvalue weighted by atomic mass is 32.1. The Hall–Kier alpha value is -9.53. The first-order valence-corrected chi connectivity index (χ1v) is 34.1. The summed E-state index contributed by atoms with van der Waals surface area (Å²) < 4.78 is 23.0. The zero-order chi connectivity index (χ0) is 71.3. The number of para-hydroxylation sites is 1. The van der Waals surface area contributed by atoms with Gasteiger partial charge >= 0.3 is 18.0 Å². The smallest absolute Gasteiger partial charge is 0.407 e. The van der Waals surface area contributed by atoms with Crippen LogP contribution in [0.2, 0.25) is 0 Å². The molecule has 7 aliphatic rings. The van der Waals surface area contributed by atoms with Crippen molar-refractivity contribution in [3.05, 3.63) is 113 Å². The van der Waals surface area contributed by atoms with Crippen molar-refractivity contribution in [2.45, 2.75) is 167 Å². The fraction of sp³-hybridized carbons (Fsp3) is 0.493. The van der Waals surface area contributed by atoms with Gasteiger partial charge in [0.1, 0.15) is 49.4 Å². The summed E-state index contributed by atoms with van der Waals surface area (Å²) >= 11 is 1.37. The summed E-state index contributed by atoms with van der Waals surface area (Å²) in [5, 5.41) is 71.1. The Morgan fingerprint density at radius 3 is 2.25 bits per heavy atom. The fourth-order valence-electron chi connectivity index (χ4n) is 16.6. The van der Waals surface area contributed by atoms with Crippen LogP contribution < -0.4 is 31.5 Å². The summed E-state index contributed by atoms with van der Waals surface area (Å²) in [5.41, 5.74) is 3.64. The fourth-order valence-corrected chi connectivity index (χ4v) is 17.4. The Morgan fingerprint density at radius 2 is 1.54 bits per heavy atom. The van der Waals surface area contributed by atoms with E-state index in [4.69, 9.17) is 24.3 Å². The monoisotopic (exact) mass is 1400 g/mol. The van der Waals surface area contributed by atoms with Crippen molar-refractivity contribution in [1.82, 2.24) is 50.1 Å². The number of benzene rings is 2. The third-order valence-electron chi connectivity index (χ3n) is 20.1. The van der Waals surface area contributed by atoms with Gasteiger partial charge in [-0.15, -0.1) is 0 Å². The van der Waals surface area contributed by atoms with Gasteiger partial charge in [-0.25, -0.2) is 29.3 Å². The van der Waals surface area contributed by atoms with Crippen LogP contribution in [0.1, 0.15) is 123 Å². The molecule has 3 aliphatic heterocycles. The van der Waals surface area contributed by atoms with E-state index in [2.05, 4.69) is 50.4 Å². The molecule has 10 N–H and O–H groups in total. The molecule has 7 heterocycles. The zero-order valence-electron chi connectivity index (χ0n) is 56.1. The number of carbonyl (C=O) groups excluding carboxylic acids is 7. The molecule has 2 aromatic carbocycles. The standard InChI is InChI=1S/C69H81N13O17S/c1-36(2)52(77-49(83)26-81-50(84)17-18-51(81)85)60(90)73-37(3)59(89)74-41-13-11-40(39(23-41)12-15-46-55(86)56(87)57(88)58(99-46)63(94)95)27-97-65(96)70-19-22-98-69-31-66(5)28-67(6,32-69)30-68(29-66,33-69)34-82-38(4)43(24-72-82)42-14-16-48(76-53(42)62(92)93)79-20-21-80-35-71-54(45(80)25-79)61(91)78-64-75-44-9-7-8-10-47(44)100-64/h7-11,13-14,16-18,23-24,35-37,46,52,55-58,86-88H,12,15,19-22,25-34H2,1-6H3,(H,70,96)(H,73,90)(H,74,89)(H,77,83)(H,92,93)(H,94,95)(H,75,78,91)/t37-,46-,52-,55-,56+,57-,58-,66?,67?,68?,69?/m0/s1. The number of alkyl carbamates (subject to hydrolysis) is 1. The molecule has 1 saturated heterocycles. The molecule has 5 fully saturated rings. The number of carboxylic acid groups (broad SMARTS) is 2. The number of nitrogens with one attached hydrogen (secondary N) is 5. The minimum Gasteiger partial charge on any atom is -0.479 e. The lowest BCUT2D eigenvalue weighted by atomic mass is 9.39. The summed E-state index contributed by atoms with van der Waals surface area (Å²) in [6.45, 7) is 12.5. The maximum Gasteiger partial charge on any atom is 0.407 e. The van der Waals surface area contributed by atoms with Crippen molar-refractivity contribution in [3.63, 3.8) is 0 Å². The van der Waals surface area contributed by atoms with Crippen LogP contribution in [0, 0.1) is 29.1 Å². The number of amides is 7. The molecule has 4 bridgehead atoms. The number of pyridine rings is 1. The Kier molecular flexibility index (Phi) is 19.6. The van der Waals surface area contributed by atoms with Crippen LogP contribution in [0.25, 0.3) is 21.3 Å². The number of imidazole rings is 1. The van der Waals surface area contributed by atoms with Gasteiger partial charge in [-0.05, 0) is 135 Å². The molecule has 13 rings (SSSR count). The Balaban J connectivity index is 0.671. The molecule has 100 heavy (non-hydrogen) atoms. The van der Waals surface area contributed by atoms with Crippen LogP contribution in [-0.4, -0.2) is 188 Å². The van der Waals surface area contributed by atoms with E-state index in [1.165, 1.54) is 24.3 Å². The first kappa shape index (κ1) is 70.3. The van der Waals surface area contributed by atoms with Crippen LogP contribution >= 0.6 is 11.3 Å². The minimum atomic E-state index is -1.91. The zero-order valence-corrected chi connectivity index (χ0v) is 56.9. The van der Waals surface area contributed by atoms with E-state index >= 15 is 0 Å². The van der Waals surface area contributed by atoms with Gasteiger partial charge in [-0.3, -0.25) is 43.7 Å². The number of aryl methyl sites for hydroxylation is 1. The van der Waals surface area contributed by atoms with E-state index in [1.807, 2.05) is 45.3 Å². The topological polar surface area (TPSA) is 411 Å². The lowest BCUT2D eigenvalue weighted by Crippen LogP contribution is -2.64. The van der Waals surface area contributed by atoms with Crippen molar-refractivity contribution in [2.24, 2.45) is 22.2 Å². The maximum atomic E-state index is 13.6. The second kappa shape index (κ2) is 27.9. The Morgan fingerprint density at radius 1 is 0.800 bits per heavy atom. The van der Waals surface area contributed by atoms with Gasteiger partial charge in [0.15, 0.2) is 22.6 Å². The molecule has 30 nitrogen and oxygen atoms in total. The molecule has 6 aromatic rings. The number of anilines is 3. The van der Waals surface area contributed by atoms with Crippen molar-refractivity contribution in [1.29, 1.82) is 0 Å². The molecular weight excluding hydrogens is 1310 g/mol. The van der Waals surface area contributed by atoms with E-state index in [9.17, 15) is 68.7 Å². The van der Waals surface area contributed by atoms with E-state index < -0.39 is 114 Å². The summed E-state index contributed by atoms with van der Waals surface area (Å²) in [6.07, 6.45) is 1.23. The Labute approximate surface area is 577 Å². The first-order chi connectivity index (χ1) is 47.5. The minimum absolute atomic E-state index is 0.00943. The summed E-state index contributed by atoms with van der Waals surface area (Å²) in [4.78, 5) is 133. The third-order valence-corrected chi connectivity index (χ3v) is 21.0. The van der Waals surface area contributed by atoms with Gasteiger partial charge in [0.25, 0.3) is 17.7 Å². The number of aromatic carboxylic acids is 1. The molecule has 0 radical (unpaired) electrons. The molecular formula is C69H81N13O17S. The second-order valence-corrected chi connectivity index (χ2v) is 29.5. The van der Waals surface area contributed by atoms with Crippen LogP contribution in [0.4, 0.5) is 21.4 Å². The number of aliphatic carboxylic acids is 1.